The summed E-state index contributed by atoms with van der Waals surface area (Å²) in [6.45, 7) is 0. The lowest BCUT2D eigenvalue weighted by Crippen LogP contribution is -2.15. The summed E-state index contributed by atoms with van der Waals surface area (Å²) in [7, 11) is 3.32. The number of fused-ring (bicyclic) bond motifs is 6. The molecule has 7 rings (SSSR count). The van der Waals surface area contributed by atoms with E-state index in [9.17, 15) is 0 Å². The molecule has 0 aliphatic carbocycles. The fraction of sp³-hybridized carbons (Fsp3) is 0.100. The lowest BCUT2D eigenvalue weighted by atomic mass is 9.83. The van der Waals surface area contributed by atoms with E-state index < -0.39 is 0 Å². The molecule has 2 aromatic heterocycles. The van der Waals surface area contributed by atoms with Gasteiger partial charge < -0.3 is 14.2 Å². The van der Waals surface area contributed by atoms with Crippen LogP contribution in [0.2, 0.25) is 0 Å². The van der Waals surface area contributed by atoms with Crippen molar-refractivity contribution in [3.8, 4) is 34.5 Å². The van der Waals surface area contributed by atoms with E-state index in [4.69, 9.17) is 29.3 Å². The molecule has 0 bridgehead atoms. The van der Waals surface area contributed by atoms with Crippen molar-refractivity contribution >= 4 is 16.4 Å². The Labute approximate surface area is 212 Å². The Morgan fingerprint density at radius 2 is 1.54 bits per heavy atom. The van der Waals surface area contributed by atoms with Gasteiger partial charge in [0.2, 0.25) is 5.88 Å². The Morgan fingerprint density at radius 1 is 0.811 bits per heavy atom. The zero-order valence-electron chi connectivity index (χ0n) is 20.3. The molecule has 3 heterocycles. The van der Waals surface area contributed by atoms with Crippen LogP contribution in [0.25, 0.3) is 27.8 Å². The van der Waals surface area contributed by atoms with E-state index in [1.54, 1.807) is 25.1 Å². The molecule has 0 fully saturated rings. The van der Waals surface area contributed by atoms with Crippen molar-refractivity contribution in [2.24, 2.45) is 0 Å². The quantitative estimate of drug-likeness (QED) is 0.293. The van der Waals surface area contributed by atoms with Crippen molar-refractivity contribution in [1.82, 2.24) is 19.6 Å². The minimum atomic E-state index is -0.154. The average Bonchev–Trinajstić information content (AvgIpc) is 3.41. The minimum absolute atomic E-state index is 0.154. The summed E-state index contributed by atoms with van der Waals surface area (Å²) in [5.74, 6) is 3.39. The normalized spacial score (nSPS) is 14.2. The molecule has 4 aromatic carbocycles. The van der Waals surface area contributed by atoms with Crippen molar-refractivity contribution < 1.29 is 14.2 Å². The highest BCUT2D eigenvalue weighted by atomic mass is 16.5. The molecule has 180 valence electrons. The molecule has 37 heavy (non-hydrogen) atoms. The second-order valence-corrected chi connectivity index (χ2v) is 8.91. The molecule has 1 atom stereocenters. The van der Waals surface area contributed by atoms with Crippen LogP contribution >= 0.6 is 0 Å². The SMILES string of the molecule is COc1ccc(-c2nc3c4c(ncn3n2)Oc2c(ccc3ccccc23)[C@@H]4c2ccc(OC)cc2)cc1. The van der Waals surface area contributed by atoms with Crippen molar-refractivity contribution in [2.45, 2.75) is 5.92 Å². The third kappa shape index (κ3) is 3.39. The summed E-state index contributed by atoms with van der Waals surface area (Å²) < 4.78 is 19.0. The van der Waals surface area contributed by atoms with Crippen molar-refractivity contribution in [3.05, 3.63) is 108 Å². The van der Waals surface area contributed by atoms with Crippen LogP contribution in [0.4, 0.5) is 0 Å². The highest BCUT2D eigenvalue weighted by Crippen LogP contribution is 2.50. The molecule has 0 unspecified atom stereocenters. The number of nitrogens with zero attached hydrogens (tertiary/aromatic N) is 4. The van der Waals surface area contributed by atoms with Crippen molar-refractivity contribution in [2.75, 3.05) is 14.2 Å². The van der Waals surface area contributed by atoms with Crippen LogP contribution < -0.4 is 14.2 Å². The Hall–Kier alpha value is -4.91. The lowest BCUT2D eigenvalue weighted by Gasteiger charge is -2.28. The smallest absolute Gasteiger partial charge is 0.228 e. The average molecular weight is 487 g/mol. The number of hydrogen-bond donors (Lipinski definition) is 0. The highest BCUT2D eigenvalue weighted by Gasteiger charge is 2.34. The van der Waals surface area contributed by atoms with Crippen molar-refractivity contribution in [3.63, 3.8) is 0 Å². The van der Waals surface area contributed by atoms with Crippen molar-refractivity contribution in [1.29, 1.82) is 0 Å². The summed E-state index contributed by atoms with van der Waals surface area (Å²) in [5, 5.41) is 6.90. The third-order valence-corrected chi connectivity index (χ3v) is 6.89. The molecule has 0 amide bonds. The molecule has 0 saturated heterocycles. The van der Waals surface area contributed by atoms with Crippen LogP contribution in [0.5, 0.6) is 23.1 Å². The fourth-order valence-electron chi connectivity index (χ4n) is 5.05. The van der Waals surface area contributed by atoms with Gasteiger partial charge in [0.15, 0.2) is 11.5 Å². The first-order valence-electron chi connectivity index (χ1n) is 12.0. The van der Waals surface area contributed by atoms with Crippen LogP contribution in [-0.2, 0) is 0 Å². The van der Waals surface area contributed by atoms with Gasteiger partial charge in [-0.2, -0.15) is 0 Å². The van der Waals surface area contributed by atoms with Crippen LogP contribution in [-0.4, -0.2) is 33.8 Å². The van der Waals surface area contributed by atoms with E-state index in [1.807, 2.05) is 48.5 Å². The van der Waals surface area contributed by atoms with E-state index in [0.29, 0.717) is 17.4 Å². The third-order valence-electron chi connectivity index (χ3n) is 6.89. The van der Waals surface area contributed by atoms with E-state index in [1.165, 1.54) is 0 Å². The first kappa shape index (κ1) is 21.4. The van der Waals surface area contributed by atoms with Gasteiger partial charge >= 0.3 is 0 Å². The molecule has 6 aromatic rings. The van der Waals surface area contributed by atoms with Gasteiger partial charge in [-0.1, -0.05) is 48.5 Å². The number of rotatable bonds is 4. The molecule has 0 radical (unpaired) electrons. The molecule has 0 saturated carbocycles. The maximum absolute atomic E-state index is 6.51. The Balaban J connectivity index is 1.47. The first-order chi connectivity index (χ1) is 18.2. The summed E-state index contributed by atoms with van der Waals surface area (Å²) >= 11 is 0. The van der Waals surface area contributed by atoms with Crippen LogP contribution in [0.15, 0.2) is 91.3 Å². The number of hydrogen-bond acceptors (Lipinski definition) is 6. The number of ether oxygens (including phenoxy) is 3. The molecule has 1 aliphatic heterocycles. The Kier molecular flexibility index (Phi) is 4.82. The summed E-state index contributed by atoms with van der Waals surface area (Å²) in [6, 6.07) is 28.3. The fourth-order valence-corrected chi connectivity index (χ4v) is 5.05. The number of aromatic nitrogens is 4. The molecule has 0 spiro atoms. The maximum atomic E-state index is 6.51. The van der Waals surface area contributed by atoms with Gasteiger partial charge in [0.05, 0.1) is 19.8 Å². The highest BCUT2D eigenvalue weighted by molar-refractivity contribution is 5.91. The van der Waals surface area contributed by atoms with Gasteiger partial charge in [-0.05, 0) is 47.3 Å². The van der Waals surface area contributed by atoms with Crippen LogP contribution in [0.1, 0.15) is 22.6 Å². The second-order valence-electron chi connectivity index (χ2n) is 8.91. The van der Waals surface area contributed by atoms with E-state index in [2.05, 4.69) is 36.4 Å². The molecular formula is C30H22N4O3. The molecule has 7 heteroatoms. The van der Waals surface area contributed by atoms with Gasteiger partial charge in [0.25, 0.3) is 0 Å². The maximum Gasteiger partial charge on any atom is 0.228 e. The first-order valence-corrected chi connectivity index (χ1v) is 12.0. The van der Waals surface area contributed by atoms with Gasteiger partial charge in [-0.15, -0.1) is 5.10 Å². The van der Waals surface area contributed by atoms with Gasteiger partial charge in [0, 0.05) is 22.4 Å². The monoisotopic (exact) mass is 486 g/mol. The number of benzene rings is 4. The van der Waals surface area contributed by atoms with Gasteiger partial charge in [-0.3, -0.25) is 0 Å². The molecule has 0 N–H and O–H groups in total. The molecular weight excluding hydrogens is 464 g/mol. The summed E-state index contributed by atoms with van der Waals surface area (Å²) in [6.07, 6.45) is 1.66. The van der Waals surface area contributed by atoms with E-state index >= 15 is 0 Å². The number of methoxy groups -OCH3 is 2. The zero-order chi connectivity index (χ0) is 24.9. The Bertz CT molecular complexity index is 1780. The lowest BCUT2D eigenvalue weighted by molar-refractivity contribution is 0.414. The second kappa shape index (κ2) is 8.34. The predicted molar refractivity (Wildman–Crippen MR) is 141 cm³/mol. The van der Waals surface area contributed by atoms with Crippen LogP contribution in [0.3, 0.4) is 0 Å². The van der Waals surface area contributed by atoms with E-state index in [0.717, 1.165) is 50.3 Å². The predicted octanol–water partition coefficient (Wildman–Crippen LogP) is 6.25. The summed E-state index contributed by atoms with van der Waals surface area (Å²) in [4.78, 5) is 9.65. The van der Waals surface area contributed by atoms with Crippen LogP contribution in [0, 0.1) is 0 Å². The van der Waals surface area contributed by atoms with E-state index in [-0.39, 0.29) is 5.92 Å². The summed E-state index contributed by atoms with van der Waals surface area (Å²) in [5.41, 5.74) is 4.62. The Morgan fingerprint density at radius 3 is 2.30 bits per heavy atom. The van der Waals surface area contributed by atoms with Gasteiger partial charge in [-0.25, -0.2) is 14.5 Å². The van der Waals surface area contributed by atoms with Gasteiger partial charge in [0.1, 0.15) is 23.6 Å². The molecule has 7 nitrogen and oxygen atoms in total. The topological polar surface area (TPSA) is 70.8 Å². The zero-order valence-corrected chi connectivity index (χ0v) is 20.3. The largest absolute Gasteiger partial charge is 0.497 e. The molecule has 1 aliphatic rings. The minimum Gasteiger partial charge on any atom is -0.497 e. The standard InChI is InChI=1S/C30H22N4O3/c1-35-21-12-7-19(8-13-21)25-24-16-11-18-5-3-4-6-23(18)27(24)37-30-26(25)29-32-28(33-34(29)17-31-30)20-9-14-22(36-2)15-10-20/h3-17,25H,1-2H3/t25-/m0/s1.